The van der Waals surface area contributed by atoms with E-state index in [1.54, 1.807) is 24.1 Å². The van der Waals surface area contributed by atoms with E-state index in [4.69, 9.17) is 28.9 Å². The molecule has 1 atom stereocenters. The molecule has 0 radical (unpaired) electrons. The zero-order valence-electron chi connectivity index (χ0n) is 9.20. The number of aliphatic carboxylic acids is 1. The summed E-state index contributed by atoms with van der Waals surface area (Å²) >= 11 is 12.2. The normalized spacial score (nSPS) is 23.4. The van der Waals surface area contributed by atoms with Gasteiger partial charge in [-0.1, -0.05) is 23.2 Å². The number of benzene rings is 1. The average Bonchev–Trinajstić information content (AvgIpc) is 2.22. The molecule has 0 spiro atoms. The van der Waals surface area contributed by atoms with Crippen molar-refractivity contribution < 1.29 is 9.90 Å². The van der Waals surface area contributed by atoms with Gasteiger partial charge in [-0.05, 0) is 17.7 Å². The molecule has 0 amide bonds. The summed E-state index contributed by atoms with van der Waals surface area (Å²) < 4.78 is 0. The Morgan fingerprint density at radius 3 is 2.65 bits per heavy atom. The summed E-state index contributed by atoms with van der Waals surface area (Å²) in [6, 6.07) is 3.35. The molecule has 1 unspecified atom stereocenters. The maximum Gasteiger partial charge on any atom is 0.325 e. The predicted octanol–water partition coefficient (Wildman–Crippen LogP) is 1.77. The first kappa shape index (κ1) is 12.5. The summed E-state index contributed by atoms with van der Waals surface area (Å²) in [6.45, 7) is 0.204. The molecule has 17 heavy (non-hydrogen) atoms. The van der Waals surface area contributed by atoms with Crippen molar-refractivity contribution in [3.05, 3.63) is 27.7 Å². The number of rotatable bonds is 1. The van der Waals surface area contributed by atoms with Crippen molar-refractivity contribution in [3.63, 3.8) is 0 Å². The van der Waals surface area contributed by atoms with Gasteiger partial charge in [-0.3, -0.25) is 4.79 Å². The first-order valence-electron chi connectivity index (χ1n) is 5.05. The van der Waals surface area contributed by atoms with Gasteiger partial charge in [0, 0.05) is 25.0 Å². The van der Waals surface area contributed by atoms with Crippen LogP contribution in [0.3, 0.4) is 0 Å². The first-order valence-corrected chi connectivity index (χ1v) is 5.81. The van der Waals surface area contributed by atoms with Crippen LogP contribution in [0, 0.1) is 0 Å². The number of hydrogen-bond donors (Lipinski definition) is 2. The highest BCUT2D eigenvalue weighted by Crippen LogP contribution is 2.39. The fourth-order valence-electron chi connectivity index (χ4n) is 2.18. The molecule has 0 saturated heterocycles. The Labute approximate surface area is 109 Å². The summed E-state index contributed by atoms with van der Waals surface area (Å²) in [7, 11) is 1.75. The SMILES string of the molecule is CN1CC(N)(C(=O)O)Cc2c(Cl)ccc(Cl)c21. The van der Waals surface area contributed by atoms with E-state index >= 15 is 0 Å². The van der Waals surface area contributed by atoms with Crippen molar-refractivity contribution in [3.8, 4) is 0 Å². The number of fused-ring (bicyclic) bond motifs is 1. The van der Waals surface area contributed by atoms with Gasteiger partial charge in [0.15, 0.2) is 0 Å². The van der Waals surface area contributed by atoms with Crippen molar-refractivity contribution >= 4 is 34.9 Å². The van der Waals surface area contributed by atoms with Crippen LogP contribution < -0.4 is 10.6 Å². The quantitative estimate of drug-likeness (QED) is 0.819. The van der Waals surface area contributed by atoms with Crippen LogP contribution in [-0.4, -0.2) is 30.2 Å². The van der Waals surface area contributed by atoms with Crippen LogP contribution in [0.1, 0.15) is 5.56 Å². The molecule has 2 rings (SSSR count). The average molecular weight is 275 g/mol. The molecule has 6 heteroatoms. The highest BCUT2D eigenvalue weighted by molar-refractivity contribution is 6.36. The third-order valence-corrected chi connectivity index (χ3v) is 3.65. The van der Waals surface area contributed by atoms with E-state index < -0.39 is 11.5 Å². The van der Waals surface area contributed by atoms with Crippen molar-refractivity contribution in [2.45, 2.75) is 12.0 Å². The Hall–Kier alpha value is -0.970. The number of nitrogens with two attached hydrogens (primary N) is 1. The number of halogens is 2. The number of anilines is 1. The van der Waals surface area contributed by atoms with Gasteiger partial charge < -0.3 is 15.7 Å². The van der Waals surface area contributed by atoms with Gasteiger partial charge in [0.25, 0.3) is 0 Å². The number of nitrogens with zero attached hydrogens (tertiary/aromatic N) is 1. The van der Waals surface area contributed by atoms with Gasteiger partial charge in [0.1, 0.15) is 5.54 Å². The molecule has 1 aromatic rings. The van der Waals surface area contributed by atoms with E-state index in [9.17, 15) is 9.90 Å². The standard InChI is InChI=1S/C11H12Cl2N2O2/c1-15-5-11(14,10(16)17)4-6-7(12)2-3-8(13)9(6)15/h2-3H,4-5,14H2,1H3,(H,16,17). The summed E-state index contributed by atoms with van der Waals surface area (Å²) in [5.41, 5.74) is 6.02. The van der Waals surface area contributed by atoms with Crippen LogP contribution in [0.25, 0.3) is 0 Å². The highest BCUT2D eigenvalue weighted by Gasteiger charge is 2.41. The third kappa shape index (κ3) is 1.97. The molecule has 0 bridgehead atoms. The van der Waals surface area contributed by atoms with E-state index in [1.807, 2.05) is 0 Å². The molecule has 0 aromatic heterocycles. The van der Waals surface area contributed by atoms with Crippen molar-refractivity contribution in [1.29, 1.82) is 0 Å². The molecule has 3 N–H and O–H groups in total. The second-order valence-electron chi connectivity index (χ2n) is 4.35. The molecule has 0 aliphatic carbocycles. The van der Waals surface area contributed by atoms with E-state index in [-0.39, 0.29) is 13.0 Å². The molecule has 92 valence electrons. The zero-order chi connectivity index (χ0) is 12.8. The summed E-state index contributed by atoms with van der Waals surface area (Å²) in [4.78, 5) is 12.9. The minimum absolute atomic E-state index is 0.182. The van der Waals surface area contributed by atoms with Crippen LogP contribution in [0.5, 0.6) is 0 Å². The Morgan fingerprint density at radius 2 is 2.06 bits per heavy atom. The van der Waals surface area contributed by atoms with Gasteiger partial charge in [0.05, 0.1) is 10.7 Å². The molecule has 1 heterocycles. The van der Waals surface area contributed by atoms with Gasteiger partial charge in [-0.2, -0.15) is 0 Å². The van der Waals surface area contributed by atoms with Crippen molar-refractivity contribution in [2.75, 3.05) is 18.5 Å². The van der Waals surface area contributed by atoms with Crippen LogP contribution in [0.4, 0.5) is 5.69 Å². The lowest BCUT2D eigenvalue weighted by molar-refractivity contribution is -0.143. The van der Waals surface area contributed by atoms with Gasteiger partial charge in [0.2, 0.25) is 0 Å². The largest absolute Gasteiger partial charge is 0.480 e. The van der Waals surface area contributed by atoms with E-state index in [2.05, 4.69) is 0 Å². The molecular formula is C11H12Cl2N2O2. The summed E-state index contributed by atoms with van der Waals surface area (Å²) in [5.74, 6) is -1.04. The van der Waals surface area contributed by atoms with Crippen molar-refractivity contribution in [2.24, 2.45) is 5.73 Å². The lowest BCUT2D eigenvalue weighted by atomic mass is 9.86. The Kier molecular flexibility index (Phi) is 2.97. The number of likely N-dealkylation sites (N-methyl/N-ethyl adjacent to an activating group) is 1. The topological polar surface area (TPSA) is 66.6 Å². The maximum absolute atomic E-state index is 11.2. The van der Waals surface area contributed by atoms with E-state index in [1.165, 1.54) is 0 Å². The molecule has 4 nitrogen and oxygen atoms in total. The first-order chi connectivity index (χ1) is 7.85. The lowest BCUT2D eigenvalue weighted by Crippen LogP contribution is -2.59. The van der Waals surface area contributed by atoms with Crippen LogP contribution >= 0.6 is 23.2 Å². The molecule has 0 saturated carbocycles. The predicted molar refractivity (Wildman–Crippen MR) is 68.0 cm³/mol. The van der Waals surface area contributed by atoms with Crippen LogP contribution in [0.15, 0.2) is 12.1 Å². The molecule has 1 aliphatic heterocycles. The van der Waals surface area contributed by atoms with Gasteiger partial charge in [-0.25, -0.2) is 0 Å². The van der Waals surface area contributed by atoms with E-state index in [0.29, 0.717) is 15.6 Å². The van der Waals surface area contributed by atoms with E-state index in [0.717, 1.165) is 5.69 Å². The summed E-state index contributed by atoms with van der Waals surface area (Å²) in [5, 5.41) is 10.2. The Bertz CT molecular complexity index is 493. The minimum Gasteiger partial charge on any atom is -0.480 e. The van der Waals surface area contributed by atoms with Crippen LogP contribution in [0.2, 0.25) is 10.0 Å². The zero-order valence-corrected chi connectivity index (χ0v) is 10.7. The minimum atomic E-state index is -1.32. The molecule has 0 fully saturated rings. The fourth-order valence-corrected chi connectivity index (χ4v) is 2.72. The molecular weight excluding hydrogens is 263 g/mol. The second-order valence-corrected chi connectivity index (χ2v) is 5.16. The lowest BCUT2D eigenvalue weighted by Gasteiger charge is -2.38. The fraction of sp³-hybridized carbons (Fsp3) is 0.364. The van der Waals surface area contributed by atoms with Gasteiger partial charge in [-0.15, -0.1) is 0 Å². The Morgan fingerprint density at radius 1 is 1.47 bits per heavy atom. The van der Waals surface area contributed by atoms with Gasteiger partial charge >= 0.3 is 5.97 Å². The number of hydrogen-bond acceptors (Lipinski definition) is 3. The van der Waals surface area contributed by atoms with Crippen LogP contribution in [-0.2, 0) is 11.2 Å². The molecule has 1 aliphatic rings. The summed E-state index contributed by atoms with van der Waals surface area (Å²) in [6.07, 6.45) is 0.182. The number of carboxylic acids is 1. The smallest absolute Gasteiger partial charge is 0.325 e. The maximum atomic E-state index is 11.2. The molecule has 1 aromatic carbocycles. The Balaban J connectivity index is 2.57. The second kappa shape index (κ2) is 4.05. The van der Waals surface area contributed by atoms with Crippen molar-refractivity contribution in [1.82, 2.24) is 0 Å². The number of carboxylic acid groups (broad SMARTS) is 1. The third-order valence-electron chi connectivity index (χ3n) is 3.00. The monoisotopic (exact) mass is 274 g/mol. The number of carbonyl (C=O) groups is 1. The highest BCUT2D eigenvalue weighted by atomic mass is 35.5.